The van der Waals surface area contributed by atoms with Gasteiger partial charge in [-0.3, -0.25) is 9.36 Å². The zero-order chi connectivity index (χ0) is 13.8. The summed E-state index contributed by atoms with van der Waals surface area (Å²) in [5.41, 5.74) is 6.40. The number of nitrogens with two attached hydrogens (primary N) is 1. The van der Waals surface area contributed by atoms with Gasteiger partial charge < -0.3 is 11.1 Å². The third-order valence-corrected chi connectivity index (χ3v) is 2.81. The third kappa shape index (κ3) is 3.17. The largest absolute Gasteiger partial charge is 0.323 e. The Morgan fingerprint density at radius 3 is 2.74 bits per heavy atom. The number of hydrogen-bond acceptors (Lipinski definition) is 4. The van der Waals surface area contributed by atoms with Gasteiger partial charge in [0.15, 0.2) is 0 Å². The van der Waals surface area contributed by atoms with E-state index in [1.807, 2.05) is 13.8 Å². The summed E-state index contributed by atoms with van der Waals surface area (Å²) in [6, 6.07) is 3.07. The molecule has 2 aromatic heterocycles. The van der Waals surface area contributed by atoms with Crippen LogP contribution in [0.2, 0.25) is 0 Å². The standard InChI is InChI=1S/C13H17N5O/c1-9(2)12(14)13(19)17-10-3-4-11(16-7-10)18-6-5-15-8-18/h3-9,12H,14H2,1-2H3,(H,17,19)/t12-/m0/s1. The molecule has 1 atom stereocenters. The Hall–Kier alpha value is -2.21. The Morgan fingerprint density at radius 2 is 2.21 bits per heavy atom. The molecule has 0 aromatic carbocycles. The molecule has 2 heterocycles. The average Bonchev–Trinajstić information content (AvgIpc) is 2.92. The van der Waals surface area contributed by atoms with E-state index in [4.69, 9.17) is 5.73 Å². The number of amides is 1. The lowest BCUT2D eigenvalue weighted by molar-refractivity contribution is -0.118. The molecule has 0 aliphatic carbocycles. The molecule has 0 aliphatic heterocycles. The number of imidazole rings is 1. The lowest BCUT2D eigenvalue weighted by Gasteiger charge is -2.15. The van der Waals surface area contributed by atoms with Gasteiger partial charge in [0.25, 0.3) is 0 Å². The van der Waals surface area contributed by atoms with Gasteiger partial charge in [0.05, 0.1) is 17.9 Å². The fourth-order valence-corrected chi connectivity index (χ4v) is 1.54. The predicted octanol–water partition coefficient (Wildman–Crippen LogP) is 1.19. The number of nitrogens with one attached hydrogen (secondary N) is 1. The van der Waals surface area contributed by atoms with Crippen molar-refractivity contribution in [2.75, 3.05) is 5.32 Å². The molecule has 0 saturated heterocycles. The highest BCUT2D eigenvalue weighted by molar-refractivity contribution is 5.94. The highest BCUT2D eigenvalue weighted by Crippen LogP contribution is 2.10. The highest BCUT2D eigenvalue weighted by atomic mass is 16.2. The van der Waals surface area contributed by atoms with Gasteiger partial charge in [-0.25, -0.2) is 9.97 Å². The molecular formula is C13H17N5O. The van der Waals surface area contributed by atoms with E-state index in [0.717, 1.165) is 5.82 Å². The van der Waals surface area contributed by atoms with E-state index in [1.54, 1.807) is 41.6 Å². The lowest BCUT2D eigenvalue weighted by atomic mass is 10.1. The fourth-order valence-electron chi connectivity index (χ4n) is 1.54. The zero-order valence-electron chi connectivity index (χ0n) is 10.9. The summed E-state index contributed by atoms with van der Waals surface area (Å²) in [5, 5.41) is 2.74. The maximum atomic E-state index is 11.8. The number of pyridine rings is 1. The highest BCUT2D eigenvalue weighted by Gasteiger charge is 2.17. The first kappa shape index (κ1) is 13.2. The second-order valence-electron chi connectivity index (χ2n) is 4.63. The normalized spacial score (nSPS) is 12.4. The molecule has 0 bridgehead atoms. The zero-order valence-corrected chi connectivity index (χ0v) is 10.9. The van der Waals surface area contributed by atoms with Gasteiger partial charge in [-0.05, 0) is 18.1 Å². The maximum absolute atomic E-state index is 11.8. The van der Waals surface area contributed by atoms with E-state index in [1.165, 1.54) is 0 Å². The van der Waals surface area contributed by atoms with Crippen LogP contribution in [0, 0.1) is 5.92 Å². The summed E-state index contributed by atoms with van der Waals surface area (Å²) in [7, 11) is 0. The summed E-state index contributed by atoms with van der Waals surface area (Å²) >= 11 is 0. The van der Waals surface area contributed by atoms with Crippen LogP contribution in [0.5, 0.6) is 0 Å². The molecule has 2 aromatic rings. The van der Waals surface area contributed by atoms with Gasteiger partial charge in [-0.15, -0.1) is 0 Å². The summed E-state index contributed by atoms with van der Waals surface area (Å²) in [6.07, 6.45) is 6.74. The summed E-state index contributed by atoms with van der Waals surface area (Å²) in [6.45, 7) is 3.81. The van der Waals surface area contributed by atoms with E-state index in [0.29, 0.717) is 5.69 Å². The van der Waals surface area contributed by atoms with Crippen molar-refractivity contribution in [3.8, 4) is 5.82 Å². The van der Waals surface area contributed by atoms with Crippen LogP contribution in [0.1, 0.15) is 13.8 Å². The minimum absolute atomic E-state index is 0.0955. The van der Waals surface area contributed by atoms with Crippen molar-refractivity contribution in [1.29, 1.82) is 0 Å². The molecule has 1 amide bonds. The van der Waals surface area contributed by atoms with Gasteiger partial charge in [0.1, 0.15) is 12.1 Å². The fraction of sp³-hybridized carbons (Fsp3) is 0.308. The molecule has 100 valence electrons. The van der Waals surface area contributed by atoms with Crippen LogP contribution in [-0.2, 0) is 4.79 Å². The number of anilines is 1. The second-order valence-corrected chi connectivity index (χ2v) is 4.63. The number of hydrogen-bond donors (Lipinski definition) is 2. The van der Waals surface area contributed by atoms with Crippen molar-refractivity contribution in [1.82, 2.24) is 14.5 Å². The topological polar surface area (TPSA) is 85.8 Å². The van der Waals surface area contributed by atoms with Crippen LogP contribution < -0.4 is 11.1 Å². The Kier molecular flexibility index (Phi) is 3.91. The van der Waals surface area contributed by atoms with E-state index < -0.39 is 6.04 Å². The quantitative estimate of drug-likeness (QED) is 0.863. The average molecular weight is 259 g/mol. The van der Waals surface area contributed by atoms with Crippen LogP contribution in [0.25, 0.3) is 5.82 Å². The summed E-state index contributed by atoms with van der Waals surface area (Å²) < 4.78 is 1.78. The molecule has 0 unspecified atom stereocenters. The molecular weight excluding hydrogens is 242 g/mol. The van der Waals surface area contributed by atoms with Crippen molar-refractivity contribution in [3.63, 3.8) is 0 Å². The first-order valence-corrected chi connectivity index (χ1v) is 6.09. The SMILES string of the molecule is CC(C)[C@H](N)C(=O)Nc1ccc(-n2ccnc2)nc1. The van der Waals surface area contributed by atoms with Crippen molar-refractivity contribution >= 4 is 11.6 Å². The molecule has 0 spiro atoms. The first-order valence-electron chi connectivity index (χ1n) is 6.09. The number of rotatable bonds is 4. The van der Waals surface area contributed by atoms with Crippen molar-refractivity contribution in [2.45, 2.75) is 19.9 Å². The van der Waals surface area contributed by atoms with E-state index in [-0.39, 0.29) is 11.8 Å². The number of carbonyl (C=O) groups is 1. The van der Waals surface area contributed by atoms with Gasteiger partial charge in [-0.1, -0.05) is 13.8 Å². The van der Waals surface area contributed by atoms with Gasteiger partial charge in [0, 0.05) is 12.4 Å². The van der Waals surface area contributed by atoms with E-state index >= 15 is 0 Å². The molecule has 0 fully saturated rings. The Balaban J connectivity index is 2.05. The van der Waals surface area contributed by atoms with Crippen LogP contribution in [0.3, 0.4) is 0 Å². The van der Waals surface area contributed by atoms with Crippen molar-refractivity contribution in [3.05, 3.63) is 37.1 Å². The first-order chi connectivity index (χ1) is 9.08. The Bertz CT molecular complexity index is 533. The lowest BCUT2D eigenvalue weighted by Crippen LogP contribution is -2.39. The third-order valence-electron chi connectivity index (χ3n) is 2.81. The van der Waals surface area contributed by atoms with Crippen LogP contribution >= 0.6 is 0 Å². The minimum Gasteiger partial charge on any atom is -0.323 e. The molecule has 3 N–H and O–H groups in total. The smallest absolute Gasteiger partial charge is 0.241 e. The minimum atomic E-state index is -0.520. The molecule has 19 heavy (non-hydrogen) atoms. The van der Waals surface area contributed by atoms with Gasteiger partial charge >= 0.3 is 0 Å². The molecule has 0 radical (unpaired) electrons. The van der Waals surface area contributed by atoms with Crippen LogP contribution in [-0.4, -0.2) is 26.5 Å². The number of carbonyl (C=O) groups excluding carboxylic acids is 1. The second kappa shape index (κ2) is 5.62. The maximum Gasteiger partial charge on any atom is 0.241 e. The van der Waals surface area contributed by atoms with E-state index in [2.05, 4.69) is 15.3 Å². The number of aromatic nitrogens is 3. The Morgan fingerprint density at radius 1 is 1.42 bits per heavy atom. The van der Waals surface area contributed by atoms with Gasteiger partial charge in [0.2, 0.25) is 5.91 Å². The molecule has 2 rings (SSSR count). The van der Waals surface area contributed by atoms with Crippen LogP contribution in [0.4, 0.5) is 5.69 Å². The molecule has 6 nitrogen and oxygen atoms in total. The molecule has 0 saturated carbocycles. The predicted molar refractivity (Wildman–Crippen MR) is 72.8 cm³/mol. The van der Waals surface area contributed by atoms with Gasteiger partial charge in [-0.2, -0.15) is 0 Å². The summed E-state index contributed by atoms with van der Waals surface area (Å²) in [4.78, 5) is 20.0. The van der Waals surface area contributed by atoms with Crippen molar-refractivity contribution < 1.29 is 4.79 Å². The number of nitrogens with zero attached hydrogens (tertiary/aromatic N) is 3. The molecule has 0 aliphatic rings. The Labute approximate surface area is 111 Å². The van der Waals surface area contributed by atoms with Crippen LogP contribution in [0.15, 0.2) is 37.1 Å². The van der Waals surface area contributed by atoms with E-state index in [9.17, 15) is 4.79 Å². The monoisotopic (exact) mass is 259 g/mol. The molecule has 6 heteroatoms. The van der Waals surface area contributed by atoms with Crippen molar-refractivity contribution in [2.24, 2.45) is 11.7 Å². The summed E-state index contributed by atoms with van der Waals surface area (Å²) in [5.74, 6) is 0.633.